The van der Waals surface area contributed by atoms with Crippen LogP contribution >= 0.6 is 23.2 Å². The number of methoxy groups -OCH3 is 1. The molecule has 174 valence electrons. The number of rotatable bonds is 11. The molecule has 8 heteroatoms. The van der Waals surface area contributed by atoms with Crippen molar-refractivity contribution in [2.24, 2.45) is 5.92 Å². The highest BCUT2D eigenvalue weighted by Gasteiger charge is 2.29. The Morgan fingerprint density at radius 3 is 2.28 bits per heavy atom. The van der Waals surface area contributed by atoms with E-state index in [0.717, 1.165) is 0 Å². The maximum atomic E-state index is 13.2. The number of nitrogens with one attached hydrogen (secondary N) is 1. The zero-order valence-corrected chi connectivity index (χ0v) is 20.4. The minimum atomic E-state index is -0.660. The lowest BCUT2D eigenvalue weighted by Gasteiger charge is -2.31. The lowest BCUT2D eigenvalue weighted by molar-refractivity contribution is -0.143. The summed E-state index contributed by atoms with van der Waals surface area (Å²) in [6, 6.07) is 11.4. The molecule has 32 heavy (non-hydrogen) atoms. The minimum Gasteiger partial charge on any atom is -0.497 e. The SMILES string of the molecule is CCC(C(=O)NCC(C)C)N(Cc1ccc(Cl)cc1Cl)C(=O)COc1ccc(OC)cc1. The van der Waals surface area contributed by atoms with Crippen molar-refractivity contribution in [3.8, 4) is 11.5 Å². The number of nitrogens with zero attached hydrogens (tertiary/aromatic N) is 1. The molecule has 0 aliphatic carbocycles. The maximum absolute atomic E-state index is 13.2. The highest BCUT2D eigenvalue weighted by molar-refractivity contribution is 6.35. The number of amides is 2. The second-order valence-corrected chi connectivity index (χ2v) is 8.63. The number of ether oxygens (including phenoxy) is 2. The van der Waals surface area contributed by atoms with Gasteiger partial charge in [0.1, 0.15) is 17.5 Å². The summed E-state index contributed by atoms with van der Waals surface area (Å²) in [6.45, 7) is 6.37. The van der Waals surface area contributed by atoms with Gasteiger partial charge in [-0.1, -0.05) is 50.0 Å². The molecule has 0 fully saturated rings. The minimum absolute atomic E-state index is 0.161. The second-order valence-electron chi connectivity index (χ2n) is 7.78. The quantitative estimate of drug-likeness (QED) is 0.493. The van der Waals surface area contributed by atoms with Gasteiger partial charge in [-0.05, 0) is 54.3 Å². The van der Waals surface area contributed by atoms with Crippen molar-refractivity contribution in [3.63, 3.8) is 0 Å². The van der Waals surface area contributed by atoms with Crippen LogP contribution in [0.25, 0.3) is 0 Å². The first-order valence-corrected chi connectivity index (χ1v) is 11.3. The van der Waals surface area contributed by atoms with Crippen LogP contribution in [-0.2, 0) is 16.1 Å². The van der Waals surface area contributed by atoms with Crippen LogP contribution in [0.4, 0.5) is 0 Å². The molecule has 0 aliphatic rings. The standard InChI is InChI=1S/C24H30Cl2N2O4/c1-5-22(24(30)27-13-16(2)3)28(14-17-6-7-18(25)12-21(17)26)23(29)15-32-20-10-8-19(31-4)9-11-20/h6-12,16,22H,5,13-15H2,1-4H3,(H,27,30). The molecule has 0 aliphatic heterocycles. The molecule has 2 rings (SSSR count). The zero-order chi connectivity index (χ0) is 23.7. The number of hydrogen-bond acceptors (Lipinski definition) is 4. The maximum Gasteiger partial charge on any atom is 0.261 e. The van der Waals surface area contributed by atoms with Crippen molar-refractivity contribution in [1.29, 1.82) is 0 Å². The molecule has 6 nitrogen and oxygen atoms in total. The Labute approximate surface area is 199 Å². The predicted molar refractivity (Wildman–Crippen MR) is 127 cm³/mol. The van der Waals surface area contributed by atoms with Gasteiger partial charge in [0, 0.05) is 23.1 Å². The topological polar surface area (TPSA) is 67.9 Å². The first kappa shape index (κ1) is 25.8. The van der Waals surface area contributed by atoms with Gasteiger partial charge < -0.3 is 19.7 Å². The van der Waals surface area contributed by atoms with Gasteiger partial charge in [0.15, 0.2) is 6.61 Å². The van der Waals surface area contributed by atoms with Crippen LogP contribution < -0.4 is 14.8 Å². The Kier molecular flexibility index (Phi) is 10.1. The molecule has 1 atom stereocenters. The van der Waals surface area contributed by atoms with Crippen LogP contribution in [0.1, 0.15) is 32.8 Å². The molecule has 1 N–H and O–H groups in total. The van der Waals surface area contributed by atoms with E-state index in [2.05, 4.69) is 5.32 Å². The van der Waals surface area contributed by atoms with Gasteiger partial charge in [-0.15, -0.1) is 0 Å². The molecule has 0 bridgehead atoms. The molecule has 2 aromatic carbocycles. The lowest BCUT2D eigenvalue weighted by Crippen LogP contribution is -2.50. The van der Waals surface area contributed by atoms with Gasteiger partial charge in [0.2, 0.25) is 5.91 Å². The van der Waals surface area contributed by atoms with E-state index in [0.29, 0.717) is 46.0 Å². The van der Waals surface area contributed by atoms with E-state index in [4.69, 9.17) is 32.7 Å². The largest absolute Gasteiger partial charge is 0.497 e. The molecule has 2 amide bonds. The molecule has 0 heterocycles. The smallest absolute Gasteiger partial charge is 0.261 e. The second kappa shape index (κ2) is 12.6. The fourth-order valence-corrected chi connectivity index (χ4v) is 3.54. The summed E-state index contributed by atoms with van der Waals surface area (Å²) in [4.78, 5) is 27.6. The molecule has 2 aromatic rings. The third kappa shape index (κ3) is 7.61. The van der Waals surface area contributed by atoms with Gasteiger partial charge in [-0.2, -0.15) is 0 Å². The summed E-state index contributed by atoms with van der Waals surface area (Å²) in [5.41, 5.74) is 0.698. The monoisotopic (exact) mass is 480 g/mol. The van der Waals surface area contributed by atoms with Crippen LogP contribution in [0.3, 0.4) is 0 Å². The Bertz CT molecular complexity index is 903. The summed E-state index contributed by atoms with van der Waals surface area (Å²) < 4.78 is 10.8. The average Bonchev–Trinajstić information content (AvgIpc) is 2.77. The molecular weight excluding hydrogens is 451 g/mol. The fraction of sp³-hybridized carbons (Fsp3) is 0.417. The van der Waals surface area contributed by atoms with Gasteiger partial charge in [0.05, 0.1) is 7.11 Å². The van der Waals surface area contributed by atoms with Gasteiger partial charge in [-0.25, -0.2) is 0 Å². The van der Waals surface area contributed by atoms with E-state index in [1.807, 2.05) is 20.8 Å². The van der Waals surface area contributed by atoms with E-state index < -0.39 is 6.04 Å². The highest BCUT2D eigenvalue weighted by Crippen LogP contribution is 2.24. The van der Waals surface area contributed by atoms with Crippen LogP contribution in [0.15, 0.2) is 42.5 Å². The average molecular weight is 481 g/mol. The Balaban J connectivity index is 2.21. The Morgan fingerprint density at radius 2 is 1.72 bits per heavy atom. The number of carbonyl (C=O) groups excluding carboxylic acids is 2. The number of benzene rings is 2. The predicted octanol–water partition coefficient (Wildman–Crippen LogP) is 4.96. The van der Waals surface area contributed by atoms with Crippen LogP contribution in [0, 0.1) is 5.92 Å². The summed E-state index contributed by atoms with van der Waals surface area (Å²) in [6.07, 6.45) is 0.448. The summed E-state index contributed by atoms with van der Waals surface area (Å²) >= 11 is 12.4. The number of hydrogen-bond donors (Lipinski definition) is 1. The highest BCUT2D eigenvalue weighted by atomic mass is 35.5. The number of carbonyl (C=O) groups is 2. The van der Waals surface area contributed by atoms with Crippen LogP contribution in [-0.4, -0.2) is 43.0 Å². The van der Waals surface area contributed by atoms with Crippen molar-refractivity contribution in [2.75, 3.05) is 20.3 Å². The van der Waals surface area contributed by atoms with Crippen molar-refractivity contribution >= 4 is 35.0 Å². The Hall–Kier alpha value is -2.44. The summed E-state index contributed by atoms with van der Waals surface area (Å²) in [5.74, 6) is 0.990. The third-order valence-electron chi connectivity index (χ3n) is 4.85. The van der Waals surface area contributed by atoms with Gasteiger partial charge in [0.25, 0.3) is 5.91 Å². The summed E-state index contributed by atoms with van der Waals surface area (Å²) in [7, 11) is 1.58. The van der Waals surface area contributed by atoms with Crippen molar-refractivity contribution < 1.29 is 19.1 Å². The molecule has 0 radical (unpaired) electrons. The normalized spacial score (nSPS) is 11.7. The first-order chi connectivity index (χ1) is 15.2. The van der Waals surface area contributed by atoms with Crippen LogP contribution in [0.2, 0.25) is 10.0 Å². The van der Waals surface area contributed by atoms with E-state index in [1.165, 1.54) is 4.90 Å². The van der Waals surface area contributed by atoms with Crippen molar-refractivity contribution in [1.82, 2.24) is 10.2 Å². The molecule has 0 saturated carbocycles. The van der Waals surface area contributed by atoms with Crippen molar-refractivity contribution in [2.45, 2.75) is 39.8 Å². The first-order valence-electron chi connectivity index (χ1n) is 10.5. The van der Waals surface area contributed by atoms with Gasteiger partial charge >= 0.3 is 0 Å². The van der Waals surface area contributed by atoms with Gasteiger partial charge in [-0.3, -0.25) is 9.59 Å². The molecule has 0 spiro atoms. The third-order valence-corrected chi connectivity index (χ3v) is 5.43. The molecular formula is C24H30Cl2N2O4. The molecule has 0 aromatic heterocycles. The Morgan fingerprint density at radius 1 is 1.06 bits per heavy atom. The van der Waals surface area contributed by atoms with E-state index in [-0.39, 0.29) is 25.0 Å². The molecule has 0 saturated heterocycles. The number of halogens is 2. The zero-order valence-electron chi connectivity index (χ0n) is 18.9. The molecule has 1 unspecified atom stereocenters. The summed E-state index contributed by atoms with van der Waals surface area (Å²) in [5, 5.41) is 3.86. The fourth-order valence-electron chi connectivity index (χ4n) is 3.08. The van der Waals surface area contributed by atoms with E-state index >= 15 is 0 Å². The van der Waals surface area contributed by atoms with E-state index in [9.17, 15) is 9.59 Å². The van der Waals surface area contributed by atoms with Crippen molar-refractivity contribution in [3.05, 3.63) is 58.1 Å². The van der Waals surface area contributed by atoms with Crippen LogP contribution in [0.5, 0.6) is 11.5 Å². The van der Waals surface area contributed by atoms with E-state index in [1.54, 1.807) is 49.6 Å². The lowest BCUT2D eigenvalue weighted by atomic mass is 10.1.